The summed E-state index contributed by atoms with van der Waals surface area (Å²) in [5, 5.41) is 0. The molecule has 0 spiro atoms. The van der Waals surface area contributed by atoms with Crippen LogP contribution in [0.2, 0.25) is 0 Å². The van der Waals surface area contributed by atoms with Crippen LogP contribution in [0.1, 0.15) is 31.1 Å². The van der Waals surface area contributed by atoms with Crippen molar-refractivity contribution in [1.29, 1.82) is 0 Å². The fraction of sp³-hybridized carbons (Fsp3) is 0.385. The van der Waals surface area contributed by atoms with Crippen molar-refractivity contribution in [2.24, 2.45) is 11.1 Å². The van der Waals surface area contributed by atoms with Gasteiger partial charge < -0.3 is 5.73 Å². The molecule has 0 bridgehead atoms. The van der Waals surface area contributed by atoms with Gasteiger partial charge in [0.25, 0.3) is 0 Å². The summed E-state index contributed by atoms with van der Waals surface area (Å²) in [5.41, 5.74) is 4.63. The van der Waals surface area contributed by atoms with Crippen LogP contribution in [0.25, 0.3) is 0 Å². The van der Waals surface area contributed by atoms with Gasteiger partial charge in [-0.25, -0.2) is 13.1 Å². The molecule has 0 unspecified atom stereocenters. The van der Waals surface area contributed by atoms with E-state index in [1.165, 1.54) is 31.2 Å². The van der Waals surface area contributed by atoms with Crippen LogP contribution < -0.4 is 10.5 Å². The molecule has 7 heteroatoms. The first-order valence-electron chi connectivity index (χ1n) is 5.97. The van der Waals surface area contributed by atoms with Crippen LogP contribution >= 0.6 is 0 Å². The number of primary amides is 1. The maximum atomic E-state index is 12.0. The molecular weight excluding hydrogens is 280 g/mol. The minimum Gasteiger partial charge on any atom is -0.369 e. The minimum absolute atomic E-state index is 0.0303. The Hall–Kier alpha value is -1.73. The van der Waals surface area contributed by atoms with Gasteiger partial charge in [-0.3, -0.25) is 9.59 Å². The van der Waals surface area contributed by atoms with Gasteiger partial charge in [0.1, 0.15) is 0 Å². The van der Waals surface area contributed by atoms with Crippen LogP contribution in [0, 0.1) is 5.41 Å². The summed E-state index contributed by atoms with van der Waals surface area (Å²) in [5.74, 6) is -0.733. The molecule has 0 aliphatic heterocycles. The third kappa shape index (κ3) is 3.88. The Kier molecular flexibility index (Phi) is 4.67. The van der Waals surface area contributed by atoms with Gasteiger partial charge in [0.2, 0.25) is 15.9 Å². The number of hydrogen-bond acceptors (Lipinski definition) is 4. The second kappa shape index (κ2) is 5.72. The number of carbonyl (C=O) groups is 2. The molecular formula is C13H18N2O4S. The molecule has 0 aromatic heterocycles. The van der Waals surface area contributed by atoms with E-state index in [1.807, 2.05) is 0 Å². The molecule has 1 aromatic rings. The summed E-state index contributed by atoms with van der Waals surface area (Å²) >= 11 is 0. The summed E-state index contributed by atoms with van der Waals surface area (Å²) in [6, 6.07) is 5.57. The molecule has 110 valence electrons. The predicted molar refractivity (Wildman–Crippen MR) is 74.6 cm³/mol. The van der Waals surface area contributed by atoms with Gasteiger partial charge in [-0.1, -0.05) is 12.1 Å². The van der Waals surface area contributed by atoms with Gasteiger partial charge in [0, 0.05) is 12.1 Å². The highest BCUT2D eigenvalue weighted by molar-refractivity contribution is 7.89. The molecule has 1 amide bonds. The van der Waals surface area contributed by atoms with Gasteiger partial charge in [0.15, 0.2) is 5.78 Å². The van der Waals surface area contributed by atoms with Crippen LogP contribution in [0.5, 0.6) is 0 Å². The lowest BCUT2D eigenvalue weighted by Crippen LogP contribution is -2.42. The van der Waals surface area contributed by atoms with Crippen LogP contribution in [0.15, 0.2) is 29.2 Å². The highest BCUT2D eigenvalue weighted by Gasteiger charge is 2.27. The normalized spacial score (nSPS) is 12.2. The molecule has 0 saturated carbocycles. The molecule has 0 fully saturated rings. The van der Waals surface area contributed by atoms with Gasteiger partial charge in [-0.05, 0) is 32.9 Å². The number of benzene rings is 1. The van der Waals surface area contributed by atoms with E-state index >= 15 is 0 Å². The van der Waals surface area contributed by atoms with Crippen LogP contribution in [-0.4, -0.2) is 26.7 Å². The summed E-state index contributed by atoms with van der Waals surface area (Å²) in [4.78, 5) is 22.3. The predicted octanol–water partition coefficient (Wildman–Crippen LogP) is 0.679. The van der Waals surface area contributed by atoms with Crippen molar-refractivity contribution in [1.82, 2.24) is 4.72 Å². The van der Waals surface area contributed by atoms with Crippen molar-refractivity contribution in [2.75, 3.05) is 6.54 Å². The Balaban J connectivity index is 2.89. The number of rotatable bonds is 6. The van der Waals surface area contributed by atoms with E-state index < -0.39 is 21.3 Å². The Morgan fingerprint density at radius 1 is 1.20 bits per heavy atom. The second-order valence-corrected chi connectivity index (χ2v) is 6.92. The lowest BCUT2D eigenvalue weighted by atomic mass is 9.93. The van der Waals surface area contributed by atoms with Crippen LogP contribution in [0.4, 0.5) is 0 Å². The summed E-state index contributed by atoms with van der Waals surface area (Å²) in [6.07, 6.45) is 0. The average molecular weight is 298 g/mol. The maximum absolute atomic E-state index is 12.0. The Morgan fingerprint density at radius 2 is 1.70 bits per heavy atom. The zero-order chi connectivity index (χ0) is 15.6. The lowest BCUT2D eigenvalue weighted by molar-refractivity contribution is -0.125. The minimum atomic E-state index is -3.74. The molecule has 0 aliphatic rings. The first-order chi connectivity index (χ1) is 9.06. The number of Topliss-reactive ketones (excluding diaryl/α,β-unsaturated/α-hetero) is 1. The van der Waals surface area contributed by atoms with Crippen molar-refractivity contribution < 1.29 is 18.0 Å². The molecule has 1 rings (SSSR count). The monoisotopic (exact) mass is 298 g/mol. The van der Waals surface area contributed by atoms with E-state index in [1.54, 1.807) is 13.8 Å². The third-order valence-electron chi connectivity index (χ3n) is 2.94. The lowest BCUT2D eigenvalue weighted by Gasteiger charge is -2.20. The first-order valence-corrected chi connectivity index (χ1v) is 7.45. The summed E-state index contributed by atoms with van der Waals surface area (Å²) in [6.45, 7) is 4.41. The molecule has 0 radical (unpaired) electrons. The fourth-order valence-electron chi connectivity index (χ4n) is 1.31. The molecule has 0 saturated heterocycles. The number of sulfonamides is 1. The summed E-state index contributed by atoms with van der Waals surface area (Å²) < 4.78 is 26.4. The zero-order valence-electron chi connectivity index (χ0n) is 11.6. The van der Waals surface area contributed by atoms with Crippen molar-refractivity contribution in [3.05, 3.63) is 29.8 Å². The number of nitrogens with one attached hydrogen (secondary N) is 1. The fourth-order valence-corrected chi connectivity index (χ4v) is 2.53. The number of nitrogens with two attached hydrogens (primary N) is 1. The summed E-state index contributed by atoms with van der Waals surface area (Å²) in [7, 11) is -3.74. The Morgan fingerprint density at radius 3 is 2.10 bits per heavy atom. The molecule has 0 heterocycles. The van der Waals surface area contributed by atoms with Crippen LogP contribution in [0.3, 0.4) is 0 Å². The number of hydrogen-bond donors (Lipinski definition) is 2. The van der Waals surface area contributed by atoms with Crippen molar-refractivity contribution >= 4 is 21.7 Å². The number of amides is 1. The topological polar surface area (TPSA) is 106 Å². The smallest absolute Gasteiger partial charge is 0.240 e. The maximum Gasteiger partial charge on any atom is 0.240 e. The number of ketones is 1. The van der Waals surface area contributed by atoms with E-state index in [-0.39, 0.29) is 17.2 Å². The Labute approximate surface area is 118 Å². The van der Waals surface area contributed by atoms with E-state index in [0.29, 0.717) is 5.56 Å². The van der Waals surface area contributed by atoms with Gasteiger partial charge in [-0.2, -0.15) is 0 Å². The Bertz CT molecular complexity index is 618. The largest absolute Gasteiger partial charge is 0.369 e. The third-order valence-corrected chi connectivity index (χ3v) is 4.36. The highest BCUT2D eigenvalue weighted by Crippen LogP contribution is 2.15. The molecule has 3 N–H and O–H groups in total. The molecule has 0 aliphatic carbocycles. The molecule has 0 atom stereocenters. The SMILES string of the molecule is CC(=O)c1ccc(S(=O)(=O)NCC(C)(C)C(N)=O)cc1. The van der Waals surface area contributed by atoms with Crippen molar-refractivity contribution in [2.45, 2.75) is 25.7 Å². The van der Waals surface area contributed by atoms with Crippen LogP contribution in [-0.2, 0) is 14.8 Å². The van der Waals surface area contributed by atoms with E-state index in [2.05, 4.69) is 4.72 Å². The second-order valence-electron chi connectivity index (χ2n) is 5.15. The highest BCUT2D eigenvalue weighted by atomic mass is 32.2. The first kappa shape index (κ1) is 16.3. The number of carbonyl (C=O) groups excluding carboxylic acids is 2. The zero-order valence-corrected chi connectivity index (χ0v) is 12.5. The van der Waals surface area contributed by atoms with Gasteiger partial charge >= 0.3 is 0 Å². The van der Waals surface area contributed by atoms with E-state index in [4.69, 9.17) is 5.73 Å². The van der Waals surface area contributed by atoms with E-state index in [9.17, 15) is 18.0 Å². The van der Waals surface area contributed by atoms with Gasteiger partial charge in [0.05, 0.1) is 10.3 Å². The van der Waals surface area contributed by atoms with Crippen molar-refractivity contribution in [3.8, 4) is 0 Å². The average Bonchev–Trinajstić information content (AvgIpc) is 2.36. The molecule has 6 nitrogen and oxygen atoms in total. The quantitative estimate of drug-likeness (QED) is 0.753. The molecule has 20 heavy (non-hydrogen) atoms. The van der Waals surface area contributed by atoms with Gasteiger partial charge in [-0.15, -0.1) is 0 Å². The van der Waals surface area contributed by atoms with Crippen molar-refractivity contribution in [3.63, 3.8) is 0 Å². The van der Waals surface area contributed by atoms with E-state index in [0.717, 1.165) is 0 Å². The standard InChI is InChI=1S/C13H18N2O4S/c1-9(16)10-4-6-11(7-5-10)20(18,19)15-8-13(2,3)12(14)17/h4-7,15H,8H2,1-3H3,(H2,14,17). The molecule has 1 aromatic carbocycles.